The fourth-order valence-corrected chi connectivity index (χ4v) is 7.21. The Bertz CT molecular complexity index is 2770. The average molecular weight is 690 g/mol. The van der Waals surface area contributed by atoms with Crippen LogP contribution in [0.25, 0.3) is 11.1 Å². The lowest BCUT2D eigenvalue weighted by atomic mass is 9.87. The third-order valence-corrected chi connectivity index (χ3v) is 9.71. The van der Waals surface area contributed by atoms with E-state index in [-0.39, 0.29) is 11.8 Å². The largest absolute Gasteiger partial charge is 0.373 e. The van der Waals surface area contributed by atoms with Crippen LogP contribution in [0.2, 0.25) is 0 Å². The summed E-state index contributed by atoms with van der Waals surface area (Å²) in [5, 5.41) is 14.5. The summed E-state index contributed by atoms with van der Waals surface area (Å²) < 4.78 is 0. The summed E-state index contributed by atoms with van der Waals surface area (Å²) in [5.41, 5.74) is 7.49. The molecule has 2 aliphatic rings. The Morgan fingerprint density at radius 3 is 1.79 bits per heavy atom. The second-order valence-electron chi connectivity index (χ2n) is 12.9. The van der Waals surface area contributed by atoms with Crippen molar-refractivity contribution in [3.63, 3.8) is 0 Å². The van der Waals surface area contributed by atoms with Gasteiger partial charge in [-0.25, -0.2) is 9.98 Å². The summed E-state index contributed by atoms with van der Waals surface area (Å²) >= 11 is 0. The summed E-state index contributed by atoms with van der Waals surface area (Å²) in [7, 11) is 0. The van der Waals surface area contributed by atoms with Crippen molar-refractivity contribution in [2.24, 2.45) is 9.98 Å². The minimum atomic E-state index is -1.63. The molecule has 0 saturated heterocycles. The van der Waals surface area contributed by atoms with Crippen molar-refractivity contribution >= 4 is 34.4 Å². The molecule has 1 atom stereocenters. The molecule has 1 unspecified atom stereocenters. The van der Waals surface area contributed by atoms with Crippen molar-refractivity contribution in [1.82, 2.24) is 15.0 Å². The van der Waals surface area contributed by atoms with Crippen LogP contribution in [-0.2, 0) is 10.4 Å². The van der Waals surface area contributed by atoms with Gasteiger partial charge in [-0.05, 0) is 65.2 Å². The molecule has 2 amide bonds. The Labute approximate surface area is 304 Å². The van der Waals surface area contributed by atoms with Gasteiger partial charge in [-0.15, -0.1) is 0 Å². The molecule has 254 valence electrons. The Balaban J connectivity index is 1.21. The van der Waals surface area contributed by atoms with Crippen molar-refractivity contribution in [3.05, 3.63) is 225 Å². The van der Waals surface area contributed by atoms with E-state index in [9.17, 15) is 14.7 Å². The van der Waals surface area contributed by atoms with Crippen molar-refractivity contribution < 1.29 is 14.7 Å². The van der Waals surface area contributed by atoms with E-state index < -0.39 is 5.60 Å². The fraction of sp³-hybridized carbons (Fsp3) is 0.0222. The first-order valence-electron chi connectivity index (χ1n) is 17.2. The number of H-pyrrole nitrogens is 3. The average Bonchev–Trinajstić information content (AvgIpc) is 4.06. The number of fused-ring (bicyclic) bond motifs is 1. The van der Waals surface area contributed by atoms with Crippen LogP contribution in [-0.4, -0.2) is 43.3 Å². The van der Waals surface area contributed by atoms with Gasteiger partial charge in [-0.1, -0.05) is 109 Å². The van der Waals surface area contributed by atoms with Crippen molar-refractivity contribution in [2.45, 2.75) is 5.60 Å². The molecule has 9 rings (SSSR count). The van der Waals surface area contributed by atoms with E-state index in [1.54, 1.807) is 12.1 Å². The first-order valence-corrected chi connectivity index (χ1v) is 17.2. The number of allylic oxidation sites excluding steroid dienone is 1. The Hall–Kier alpha value is -7.16. The number of benzene rings is 4. The Morgan fingerprint density at radius 2 is 1.11 bits per heavy atom. The number of carbonyl (C=O) groups is 2. The van der Waals surface area contributed by atoms with Crippen molar-refractivity contribution in [1.29, 1.82) is 0 Å². The molecule has 3 aromatic heterocycles. The third-order valence-electron chi connectivity index (χ3n) is 9.71. The number of aromatic nitrogens is 3. The lowest BCUT2D eigenvalue weighted by Crippen LogP contribution is -2.30. The van der Waals surface area contributed by atoms with Gasteiger partial charge in [0.1, 0.15) is 0 Å². The summed E-state index contributed by atoms with van der Waals surface area (Å²) in [5.74, 6) is -0.574. The van der Waals surface area contributed by atoms with Gasteiger partial charge in [0.15, 0.2) is 5.60 Å². The van der Waals surface area contributed by atoms with Crippen LogP contribution in [0.5, 0.6) is 0 Å². The highest BCUT2D eigenvalue weighted by Gasteiger charge is 2.38. The van der Waals surface area contributed by atoms with E-state index in [0.29, 0.717) is 39.6 Å². The maximum Gasteiger partial charge on any atom is 0.278 e. The van der Waals surface area contributed by atoms with Gasteiger partial charge in [0.2, 0.25) is 0 Å². The molecule has 53 heavy (non-hydrogen) atoms. The molecule has 8 nitrogen and oxygen atoms in total. The molecule has 5 heterocycles. The van der Waals surface area contributed by atoms with Crippen molar-refractivity contribution in [2.75, 3.05) is 0 Å². The molecule has 0 saturated carbocycles. The quantitative estimate of drug-likeness (QED) is 0.158. The number of aliphatic imine (C=N–C) groups is 2. The minimum Gasteiger partial charge on any atom is -0.373 e. The Kier molecular flexibility index (Phi) is 7.72. The van der Waals surface area contributed by atoms with Crippen LogP contribution in [0.3, 0.4) is 0 Å². The number of hydrogen-bond donors (Lipinski definition) is 4. The first-order chi connectivity index (χ1) is 26.0. The number of aromatic amines is 3. The van der Waals surface area contributed by atoms with Crippen molar-refractivity contribution in [3.8, 4) is 0 Å². The molecule has 0 spiro atoms. The Morgan fingerprint density at radius 1 is 0.528 bits per heavy atom. The van der Waals surface area contributed by atoms with Gasteiger partial charge >= 0.3 is 0 Å². The topological polar surface area (TPSA) is 126 Å². The lowest BCUT2D eigenvalue weighted by molar-refractivity contribution is -0.113. The summed E-state index contributed by atoms with van der Waals surface area (Å²) in [6, 6.07) is 48.3. The number of nitrogens with one attached hydrogen (secondary N) is 3. The second kappa shape index (κ2) is 12.9. The number of rotatable bonds is 8. The van der Waals surface area contributed by atoms with Crippen LogP contribution >= 0.6 is 0 Å². The number of nitrogens with zero attached hydrogens (tertiary/aromatic N) is 2. The van der Waals surface area contributed by atoms with Gasteiger partial charge in [0.05, 0.1) is 34.1 Å². The molecule has 0 fully saturated rings. The number of carbonyl (C=O) groups excluding carboxylic acids is 2. The van der Waals surface area contributed by atoms with Gasteiger partial charge < -0.3 is 20.1 Å². The molecular weight excluding hydrogens is 659 g/mol. The van der Waals surface area contributed by atoms with Crippen LogP contribution in [0, 0.1) is 0 Å². The molecule has 8 heteroatoms. The van der Waals surface area contributed by atoms with E-state index >= 15 is 0 Å². The fourth-order valence-electron chi connectivity index (χ4n) is 7.21. The van der Waals surface area contributed by atoms with Crippen LogP contribution < -0.4 is 10.7 Å². The number of amides is 2. The van der Waals surface area contributed by atoms with Crippen LogP contribution in [0.15, 0.2) is 174 Å². The van der Waals surface area contributed by atoms with Gasteiger partial charge in [-0.2, -0.15) is 0 Å². The lowest BCUT2D eigenvalue weighted by Gasteiger charge is -2.27. The molecule has 4 N–H and O–H groups in total. The van der Waals surface area contributed by atoms with E-state index in [0.717, 1.165) is 44.2 Å². The third kappa shape index (κ3) is 5.54. The standard InChI is InChI=1S/C45H31N5O3/c51-40-27-24-36(49-40)42(29-14-6-2-7-15-29)34-21-20-33(46-34)41(28-12-4-1-5-13-28)35-22-25-38(47-35)45(53,30-16-8-3-9-17-30)39-26-23-37(48-39)43-31-18-10-11-19-32(31)44(52)50-43/h1-27,46-48,53H/b41-33-,42-34?. The maximum atomic E-state index is 12.9. The zero-order valence-corrected chi connectivity index (χ0v) is 28.2. The second-order valence-corrected chi connectivity index (χ2v) is 12.9. The summed E-state index contributed by atoms with van der Waals surface area (Å²) in [6.45, 7) is 0. The molecule has 7 aromatic rings. The SMILES string of the molecule is O=C1C=CC(C(c2ccccc2)=c2cc/c(=C(\c3ccccc3)c3ccc(C(O)(c4ccccc4)c4ccc(C5=NC(=O)c6ccccc65)[nH]4)[nH]3)[nH]2)=N1. The highest BCUT2D eigenvalue weighted by molar-refractivity contribution is 6.34. The smallest absolute Gasteiger partial charge is 0.278 e. The van der Waals surface area contributed by atoms with E-state index in [2.05, 4.69) is 24.9 Å². The predicted molar refractivity (Wildman–Crippen MR) is 205 cm³/mol. The normalized spacial score (nSPS) is 15.9. The maximum absolute atomic E-state index is 12.9. The predicted octanol–water partition coefficient (Wildman–Crippen LogP) is 5.93. The van der Waals surface area contributed by atoms with E-state index in [4.69, 9.17) is 0 Å². The molecule has 0 radical (unpaired) electrons. The van der Waals surface area contributed by atoms with E-state index in [1.165, 1.54) is 6.08 Å². The zero-order chi connectivity index (χ0) is 35.9. The summed E-state index contributed by atoms with van der Waals surface area (Å²) in [4.78, 5) is 44.1. The van der Waals surface area contributed by atoms with Crippen LogP contribution in [0.4, 0.5) is 0 Å². The van der Waals surface area contributed by atoms with E-state index in [1.807, 2.05) is 146 Å². The zero-order valence-electron chi connectivity index (χ0n) is 28.2. The minimum absolute atomic E-state index is 0.287. The monoisotopic (exact) mass is 689 g/mol. The number of hydrogen-bond acceptors (Lipinski definition) is 3. The molecular formula is C45H31N5O3. The highest BCUT2D eigenvalue weighted by Crippen LogP contribution is 2.37. The van der Waals surface area contributed by atoms with Gasteiger partial charge in [-0.3, -0.25) is 9.59 Å². The number of aliphatic hydroxyl groups is 1. The molecule has 0 bridgehead atoms. The highest BCUT2D eigenvalue weighted by atomic mass is 16.3. The van der Waals surface area contributed by atoms with Gasteiger partial charge in [0.25, 0.3) is 11.8 Å². The van der Waals surface area contributed by atoms with Gasteiger partial charge in [0, 0.05) is 39.2 Å². The van der Waals surface area contributed by atoms with Crippen LogP contribution in [0.1, 0.15) is 55.4 Å². The molecule has 0 aliphatic carbocycles. The summed E-state index contributed by atoms with van der Waals surface area (Å²) in [6.07, 6.45) is 3.22. The molecule has 2 aliphatic heterocycles. The first kappa shape index (κ1) is 31.8. The molecule has 4 aromatic carbocycles.